The average molecular weight is 887 g/mol. The van der Waals surface area contributed by atoms with Crippen molar-refractivity contribution in [3.8, 4) is 39.4 Å². The number of amides is 3. The SMILES string of the molecule is CS(=O)(=O)c1ccc(-c2cncc3nc(C(N)=O)ccc23)cc1.N#Cc1ccc(-c2cncc3ncc(C(N)=O)cc23)cc1.NC(=O)c1cnc2cncc(-c3ccc(F)cc3F)c2c1. The van der Waals surface area contributed by atoms with Crippen molar-refractivity contribution in [3.63, 3.8) is 0 Å². The summed E-state index contributed by atoms with van der Waals surface area (Å²) < 4.78 is 50.0. The Labute approximate surface area is 368 Å². The molecule has 320 valence electrons. The van der Waals surface area contributed by atoms with Gasteiger partial charge >= 0.3 is 0 Å². The van der Waals surface area contributed by atoms with Crippen molar-refractivity contribution in [1.29, 1.82) is 5.26 Å². The van der Waals surface area contributed by atoms with Crippen molar-refractivity contribution >= 4 is 60.3 Å². The Morgan fingerprint density at radius 3 is 1.57 bits per heavy atom. The molecule has 15 nitrogen and oxygen atoms in total. The molecule has 18 heteroatoms. The van der Waals surface area contributed by atoms with E-state index >= 15 is 0 Å². The van der Waals surface area contributed by atoms with Crippen molar-refractivity contribution in [3.05, 3.63) is 175 Å². The highest BCUT2D eigenvalue weighted by Crippen LogP contribution is 2.31. The molecule has 9 rings (SSSR count). The third kappa shape index (κ3) is 9.91. The maximum absolute atomic E-state index is 13.9. The quantitative estimate of drug-likeness (QED) is 0.150. The number of benzene rings is 3. The number of carbonyl (C=O) groups excluding carboxylic acids is 3. The Balaban J connectivity index is 0.000000146. The largest absolute Gasteiger partial charge is 0.366 e. The Morgan fingerprint density at radius 1 is 0.554 bits per heavy atom. The van der Waals surface area contributed by atoms with E-state index in [0.29, 0.717) is 38.6 Å². The molecule has 6 heterocycles. The summed E-state index contributed by atoms with van der Waals surface area (Å²) in [5.41, 5.74) is 22.7. The molecule has 6 aromatic heterocycles. The predicted molar refractivity (Wildman–Crippen MR) is 238 cm³/mol. The third-order valence-electron chi connectivity index (χ3n) is 9.79. The van der Waals surface area contributed by atoms with Crippen LogP contribution in [0.3, 0.4) is 0 Å². The second kappa shape index (κ2) is 18.6. The highest BCUT2D eigenvalue weighted by molar-refractivity contribution is 7.90. The highest BCUT2D eigenvalue weighted by atomic mass is 32.2. The van der Waals surface area contributed by atoms with Crippen LogP contribution in [-0.2, 0) is 9.84 Å². The number of aromatic nitrogens is 6. The van der Waals surface area contributed by atoms with Crippen molar-refractivity contribution in [1.82, 2.24) is 29.9 Å². The minimum absolute atomic E-state index is 0.170. The van der Waals surface area contributed by atoms with E-state index in [4.69, 9.17) is 22.5 Å². The van der Waals surface area contributed by atoms with Crippen LogP contribution in [0.1, 0.15) is 36.8 Å². The average Bonchev–Trinajstić information content (AvgIpc) is 3.30. The molecule has 0 fully saturated rings. The van der Waals surface area contributed by atoms with Crippen molar-refractivity contribution in [2.24, 2.45) is 17.2 Å². The Bertz CT molecular complexity index is 3500. The summed E-state index contributed by atoms with van der Waals surface area (Å²) in [6.07, 6.45) is 13.4. The van der Waals surface area contributed by atoms with Crippen LogP contribution >= 0.6 is 0 Å². The first kappa shape index (κ1) is 44.1. The molecule has 6 N–H and O–H groups in total. The standard InChI is InChI=1S/C16H10N4O.C16H13N3O3S.C15H9F2N3O/c17-6-10-1-3-11(4-2-10)14-8-19-9-15-13(14)5-12(7-20-15)16(18)21;1-23(21,22)11-4-2-10(3-5-11)13-8-18-9-15-12(13)6-7-14(19-15)16(17)20;16-9-1-2-10(13(17)4-9)12-6-19-7-14-11(12)3-8(5-20-14)15(18)21/h1-5,7-9H,(H2,18,21);2-9H,1H3,(H2,17,20);1-7H,(H2,18,21). The summed E-state index contributed by atoms with van der Waals surface area (Å²) in [6, 6.07) is 25.6. The van der Waals surface area contributed by atoms with Crippen LogP contribution in [0.15, 0.2) is 145 Å². The number of nitrogens with zero attached hydrogens (tertiary/aromatic N) is 7. The van der Waals surface area contributed by atoms with Gasteiger partial charge in [-0.05, 0) is 71.8 Å². The Kier molecular flexibility index (Phi) is 12.6. The van der Waals surface area contributed by atoms with Crippen LogP contribution in [0, 0.1) is 23.0 Å². The fourth-order valence-corrected chi connectivity index (χ4v) is 7.17. The topological polar surface area (TPSA) is 265 Å². The van der Waals surface area contributed by atoms with E-state index in [1.807, 2.05) is 12.1 Å². The van der Waals surface area contributed by atoms with Crippen LogP contribution in [0.2, 0.25) is 0 Å². The molecule has 0 radical (unpaired) electrons. The fraction of sp³-hybridized carbons (Fsp3) is 0.0213. The van der Waals surface area contributed by atoms with Gasteiger partial charge < -0.3 is 17.2 Å². The van der Waals surface area contributed by atoms with Crippen molar-refractivity contribution in [2.75, 3.05) is 6.26 Å². The minimum Gasteiger partial charge on any atom is -0.366 e. The third-order valence-corrected chi connectivity index (χ3v) is 10.9. The Morgan fingerprint density at radius 2 is 1.06 bits per heavy atom. The zero-order valence-electron chi connectivity index (χ0n) is 33.8. The molecule has 3 amide bonds. The summed E-state index contributed by atoms with van der Waals surface area (Å²) in [7, 11) is -3.24. The summed E-state index contributed by atoms with van der Waals surface area (Å²) in [4.78, 5) is 58.8. The summed E-state index contributed by atoms with van der Waals surface area (Å²) in [5.74, 6) is -3.14. The van der Waals surface area contributed by atoms with Crippen LogP contribution in [0.4, 0.5) is 8.78 Å². The maximum atomic E-state index is 13.9. The van der Waals surface area contributed by atoms with E-state index in [0.717, 1.165) is 51.4 Å². The number of nitriles is 1. The predicted octanol–water partition coefficient (Wildman–Crippen LogP) is 6.74. The molecule has 0 saturated heterocycles. The molecule has 0 unspecified atom stereocenters. The molecule has 0 spiro atoms. The molecule has 0 aliphatic heterocycles. The maximum Gasteiger partial charge on any atom is 0.267 e. The number of pyridine rings is 6. The lowest BCUT2D eigenvalue weighted by molar-refractivity contribution is 0.0989. The van der Waals surface area contributed by atoms with Gasteiger partial charge in [-0.2, -0.15) is 5.26 Å². The van der Waals surface area contributed by atoms with Gasteiger partial charge in [0, 0.05) is 81.7 Å². The van der Waals surface area contributed by atoms with E-state index in [-0.39, 0.29) is 21.7 Å². The molecule has 9 aromatic rings. The first-order valence-electron chi connectivity index (χ1n) is 19.0. The normalized spacial score (nSPS) is 10.9. The number of fused-ring (bicyclic) bond motifs is 3. The van der Waals surface area contributed by atoms with Crippen LogP contribution in [0.5, 0.6) is 0 Å². The van der Waals surface area contributed by atoms with Gasteiger partial charge in [-0.3, -0.25) is 39.3 Å². The van der Waals surface area contributed by atoms with Crippen molar-refractivity contribution < 1.29 is 31.6 Å². The first-order valence-corrected chi connectivity index (χ1v) is 20.9. The van der Waals surface area contributed by atoms with E-state index in [2.05, 4.69) is 36.0 Å². The number of carbonyl (C=O) groups is 3. The molecule has 0 saturated carbocycles. The molecule has 65 heavy (non-hydrogen) atoms. The smallest absolute Gasteiger partial charge is 0.267 e. The van der Waals surface area contributed by atoms with Crippen LogP contribution in [0.25, 0.3) is 66.1 Å². The van der Waals surface area contributed by atoms with Gasteiger partial charge in [0.2, 0.25) is 11.8 Å². The lowest BCUT2D eigenvalue weighted by atomic mass is 10.0. The molecule has 0 bridgehead atoms. The van der Waals surface area contributed by atoms with Crippen molar-refractivity contribution in [2.45, 2.75) is 4.90 Å². The van der Waals surface area contributed by atoms with E-state index in [1.165, 1.54) is 36.9 Å². The lowest BCUT2D eigenvalue weighted by Gasteiger charge is -2.08. The van der Waals surface area contributed by atoms with Gasteiger partial charge in [0.15, 0.2) is 9.84 Å². The number of nitrogens with two attached hydrogens (primary N) is 3. The Hall–Kier alpha value is -8.95. The fourth-order valence-electron chi connectivity index (χ4n) is 6.54. The lowest BCUT2D eigenvalue weighted by Crippen LogP contribution is -2.12. The van der Waals surface area contributed by atoms with Gasteiger partial charge in [0.1, 0.15) is 17.3 Å². The molecule has 3 aromatic carbocycles. The number of sulfone groups is 1. The second-order valence-corrected chi connectivity index (χ2v) is 16.1. The van der Waals surface area contributed by atoms with Gasteiger partial charge in [0.05, 0.1) is 62.8 Å². The van der Waals surface area contributed by atoms with Gasteiger partial charge in [0.25, 0.3) is 5.91 Å². The van der Waals surface area contributed by atoms with E-state index in [9.17, 15) is 31.6 Å². The molecule has 0 aliphatic carbocycles. The molecule has 0 atom stereocenters. The van der Waals surface area contributed by atoms with Crippen LogP contribution < -0.4 is 17.2 Å². The second-order valence-electron chi connectivity index (χ2n) is 14.1. The zero-order valence-corrected chi connectivity index (χ0v) is 34.7. The summed E-state index contributed by atoms with van der Waals surface area (Å²) in [5, 5.41) is 11.0. The van der Waals surface area contributed by atoms with Gasteiger partial charge in [-0.1, -0.05) is 24.3 Å². The number of rotatable bonds is 7. The van der Waals surface area contributed by atoms with Gasteiger partial charge in [-0.25, -0.2) is 22.2 Å². The first-order chi connectivity index (χ1) is 31.1. The van der Waals surface area contributed by atoms with Gasteiger partial charge in [-0.15, -0.1) is 0 Å². The number of primary amides is 3. The minimum atomic E-state index is -3.24. The van der Waals surface area contributed by atoms with Crippen LogP contribution in [-0.4, -0.2) is 62.3 Å². The number of halogens is 2. The highest BCUT2D eigenvalue weighted by Gasteiger charge is 2.14. The molecular weight excluding hydrogens is 855 g/mol. The molecule has 0 aliphatic rings. The summed E-state index contributed by atoms with van der Waals surface area (Å²) >= 11 is 0. The van der Waals surface area contributed by atoms with E-state index in [1.54, 1.807) is 79.4 Å². The number of hydrogen-bond acceptors (Lipinski definition) is 12. The van der Waals surface area contributed by atoms with E-state index < -0.39 is 39.2 Å². The number of hydrogen-bond donors (Lipinski definition) is 3. The monoisotopic (exact) mass is 886 g/mol. The zero-order chi connectivity index (χ0) is 46.4. The molecular formula is C47H32F2N10O5S. The summed E-state index contributed by atoms with van der Waals surface area (Å²) in [6.45, 7) is 0.